The van der Waals surface area contributed by atoms with Crippen LogP contribution in [0.25, 0.3) is 11.1 Å². The van der Waals surface area contributed by atoms with Crippen molar-refractivity contribution in [3.8, 4) is 0 Å². The Bertz CT molecular complexity index is 847. The molecule has 0 amide bonds. The van der Waals surface area contributed by atoms with E-state index in [2.05, 4.69) is 15.0 Å². The summed E-state index contributed by atoms with van der Waals surface area (Å²) in [6.45, 7) is 2.71. The zero-order valence-corrected chi connectivity index (χ0v) is 15.9. The molecule has 9 heteroatoms. The fraction of sp³-hybridized carbons (Fsp3) is 0.588. The second-order valence-corrected chi connectivity index (χ2v) is 8.62. The van der Waals surface area contributed by atoms with Gasteiger partial charge >= 0.3 is 0 Å². The van der Waals surface area contributed by atoms with Crippen molar-refractivity contribution in [1.82, 2.24) is 14.0 Å². The van der Waals surface area contributed by atoms with Gasteiger partial charge in [0.15, 0.2) is 5.58 Å². The molecule has 0 aliphatic heterocycles. The highest BCUT2D eigenvalue weighted by molar-refractivity contribution is 7.87. The molecule has 1 aliphatic carbocycles. The summed E-state index contributed by atoms with van der Waals surface area (Å²) in [5.74, 6) is -0.0253. The minimum atomic E-state index is -3.38. The van der Waals surface area contributed by atoms with Gasteiger partial charge in [0, 0.05) is 32.2 Å². The third kappa shape index (κ3) is 4.52. The molecule has 7 nitrogen and oxygen atoms in total. The van der Waals surface area contributed by atoms with Gasteiger partial charge in [0.2, 0.25) is 0 Å². The molecule has 2 aromatic rings. The lowest BCUT2D eigenvalue weighted by Gasteiger charge is -2.29. The zero-order chi connectivity index (χ0) is 18.7. The smallest absolute Gasteiger partial charge is 0.295 e. The number of oxazole rings is 1. The molecule has 144 valence electrons. The number of nitrogens with zero attached hydrogens (tertiary/aromatic N) is 2. The van der Waals surface area contributed by atoms with Gasteiger partial charge in [-0.3, -0.25) is 0 Å². The Hall–Kier alpha value is -1.71. The first-order valence-corrected chi connectivity index (χ1v) is 10.3. The topological polar surface area (TPSA) is 87.5 Å². The molecule has 1 heterocycles. The van der Waals surface area contributed by atoms with E-state index in [4.69, 9.17) is 4.42 Å². The van der Waals surface area contributed by atoms with E-state index in [1.54, 1.807) is 20.0 Å². The van der Waals surface area contributed by atoms with Crippen molar-refractivity contribution in [2.24, 2.45) is 5.92 Å². The highest BCUT2D eigenvalue weighted by Crippen LogP contribution is 2.27. The molecule has 1 fully saturated rings. The Morgan fingerprint density at radius 2 is 2.04 bits per heavy atom. The summed E-state index contributed by atoms with van der Waals surface area (Å²) >= 11 is 0. The number of hydrogen-bond acceptors (Lipinski definition) is 5. The normalized spacial score (nSPS) is 21.4. The van der Waals surface area contributed by atoms with Crippen LogP contribution < -0.4 is 10.0 Å². The van der Waals surface area contributed by atoms with E-state index in [1.165, 1.54) is 16.4 Å². The van der Waals surface area contributed by atoms with E-state index in [9.17, 15) is 12.8 Å². The summed E-state index contributed by atoms with van der Waals surface area (Å²) in [4.78, 5) is 4.32. The van der Waals surface area contributed by atoms with Gasteiger partial charge in [0.25, 0.3) is 16.2 Å². The molecule has 0 bridgehead atoms. The van der Waals surface area contributed by atoms with Crippen LogP contribution in [0.15, 0.2) is 22.6 Å². The molecule has 1 aromatic carbocycles. The number of hydrogen-bond donors (Lipinski definition) is 2. The van der Waals surface area contributed by atoms with Crippen LogP contribution in [0.5, 0.6) is 0 Å². The molecule has 3 rings (SSSR count). The largest absolute Gasteiger partial charge is 0.423 e. The highest BCUT2D eigenvalue weighted by Gasteiger charge is 2.24. The average Bonchev–Trinajstić information content (AvgIpc) is 3.01. The third-order valence-electron chi connectivity index (χ3n) is 4.93. The maximum absolute atomic E-state index is 13.2. The van der Waals surface area contributed by atoms with E-state index >= 15 is 0 Å². The van der Waals surface area contributed by atoms with E-state index in [-0.39, 0.29) is 11.9 Å². The predicted molar refractivity (Wildman–Crippen MR) is 98.6 cm³/mol. The minimum Gasteiger partial charge on any atom is -0.423 e. The summed E-state index contributed by atoms with van der Waals surface area (Å²) in [5.41, 5.74) is 1.05. The molecule has 0 saturated heterocycles. The number of nitrogens with one attached hydrogen (secondary N) is 2. The molecule has 0 spiro atoms. The molecule has 1 saturated carbocycles. The molecule has 0 radical (unpaired) electrons. The minimum absolute atomic E-state index is 0.221. The number of anilines is 1. The zero-order valence-electron chi connectivity index (χ0n) is 15.0. The van der Waals surface area contributed by atoms with E-state index < -0.39 is 10.2 Å². The van der Waals surface area contributed by atoms with Gasteiger partial charge in [-0.25, -0.2) is 9.11 Å². The Morgan fingerprint density at radius 1 is 1.31 bits per heavy atom. The summed E-state index contributed by atoms with van der Waals surface area (Å²) < 4.78 is 46.7. The molecule has 0 atom stereocenters. The standard InChI is InChI=1S/C17H25FN4O3S/c1-3-22(2)26(23,24)19-11-12-4-7-14(8-5-12)20-17-21-15-9-6-13(18)10-16(15)25-17/h6,9-10,12,14,19H,3-5,7-8,11H2,1-2H3,(H,20,21). The van der Waals surface area contributed by atoms with Gasteiger partial charge in [-0.15, -0.1) is 0 Å². The van der Waals surface area contributed by atoms with Crippen LogP contribution in [0.4, 0.5) is 10.4 Å². The Labute approximate surface area is 153 Å². The summed E-state index contributed by atoms with van der Waals surface area (Å²) in [5, 5.41) is 3.26. The lowest BCUT2D eigenvalue weighted by Crippen LogP contribution is -2.41. The van der Waals surface area contributed by atoms with Crippen molar-refractivity contribution in [1.29, 1.82) is 0 Å². The first kappa shape index (κ1) is 19.1. The van der Waals surface area contributed by atoms with Gasteiger partial charge in [-0.2, -0.15) is 17.7 Å². The van der Waals surface area contributed by atoms with E-state index in [1.807, 2.05) is 0 Å². The fourth-order valence-corrected chi connectivity index (χ4v) is 4.16. The molecular formula is C17H25FN4O3S. The number of fused-ring (bicyclic) bond motifs is 1. The summed E-state index contributed by atoms with van der Waals surface area (Å²) in [7, 11) is -1.81. The number of aromatic nitrogens is 1. The van der Waals surface area contributed by atoms with Crippen LogP contribution in [0.2, 0.25) is 0 Å². The second-order valence-electron chi connectivity index (χ2n) is 6.76. The van der Waals surface area contributed by atoms with Crippen molar-refractivity contribution in [3.05, 3.63) is 24.0 Å². The molecule has 1 aromatic heterocycles. The van der Waals surface area contributed by atoms with Gasteiger partial charge in [-0.05, 0) is 43.7 Å². The van der Waals surface area contributed by atoms with Crippen LogP contribution in [-0.2, 0) is 10.2 Å². The molecule has 1 aliphatic rings. The quantitative estimate of drug-likeness (QED) is 0.766. The van der Waals surface area contributed by atoms with Crippen molar-refractivity contribution in [2.75, 3.05) is 25.5 Å². The van der Waals surface area contributed by atoms with Gasteiger partial charge in [-0.1, -0.05) is 6.92 Å². The Kier molecular flexibility index (Phi) is 5.79. The first-order chi connectivity index (χ1) is 12.4. The predicted octanol–water partition coefficient (Wildman–Crippen LogP) is 2.72. The second kappa shape index (κ2) is 7.89. The van der Waals surface area contributed by atoms with Crippen molar-refractivity contribution >= 4 is 27.3 Å². The van der Waals surface area contributed by atoms with Crippen LogP contribution in [0.1, 0.15) is 32.6 Å². The fourth-order valence-electron chi connectivity index (χ4n) is 3.15. The molecule has 0 unspecified atom stereocenters. The SMILES string of the molecule is CCN(C)S(=O)(=O)NCC1CCC(Nc2nc3ccc(F)cc3o2)CC1. The van der Waals surface area contributed by atoms with Crippen LogP contribution in [-0.4, -0.2) is 43.9 Å². The van der Waals surface area contributed by atoms with E-state index in [0.717, 1.165) is 25.7 Å². The van der Waals surface area contributed by atoms with Crippen molar-refractivity contribution < 1.29 is 17.2 Å². The lowest BCUT2D eigenvalue weighted by atomic mass is 9.86. The summed E-state index contributed by atoms with van der Waals surface area (Å²) in [6, 6.07) is 4.90. The average molecular weight is 384 g/mol. The van der Waals surface area contributed by atoms with Crippen LogP contribution >= 0.6 is 0 Å². The Morgan fingerprint density at radius 3 is 2.73 bits per heavy atom. The maximum atomic E-state index is 13.2. The maximum Gasteiger partial charge on any atom is 0.295 e. The number of benzene rings is 1. The molecule has 2 N–H and O–H groups in total. The van der Waals surface area contributed by atoms with Crippen LogP contribution in [0, 0.1) is 11.7 Å². The number of rotatable bonds is 7. The third-order valence-corrected chi connectivity index (χ3v) is 6.55. The monoisotopic (exact) mass is 384 g/mol. The van der Waals surface area contributed by atoms with Gasteiger partial charge < -0.3 is 9.73 Å². The van der Waals surface area contributed by atoms with Crippen molar-refractivity contribution in [3.63, 3.8) is 0 Å². The highest BCUT2D eigenvalue weighted by atomic mass is 32.2. The lowest BCUT2D eigenvalue weighted by molar-refractivity contribution is 0.331. The number of halogens is 1. The van der Waals surface area contributed by atoms with Crippen LogP contribution in [0.3, 0.4) is 0 Å². The van der Waals surface area contributed by atoms with Gasteiger partial charge in [0.1, 0.15) is 11.3 Å². The first-order valence-electron chi connectivity index (χ1n) is 8.91. The van der Waals surface area contributed by atoms with E-state index in [0.29, 0.717) is 36.1 Å². The van der Waals surface area contributed by atoms with Gasteiger partial charge in [0.05, 0.1) is 0 Å². The Balaban J connectivity index is 1.49. The van der Waals surface area contributed by atoms with Crippen molar-refractivity contribution in [2.45, 2.75) is 38.6 Å². The summed E-state index contributed by atoms with van der Waals surface area (Å²) in [6.07, 6.45) is 3.65. The molecule has 26 heavy (non-hydrogen) atoms. The molecular weight excluding hydrogens is 359 g/mol.